The Morgan fingerprint density at radius 1 is 1.33 bits per heavy atom. The van der Waals surface area contributed by atoms with Crippen molar-refractivity contribution in [1.29, 1.82) is 0 Å². The average molecular weight is 463 g/mol. The zero-order chi connectivity index (χ0) is 24.4. The highest BCUT2D eigenvalue weighted by Crippen LogP contribution is 2.29. The summed E-state index contributed by atoms with van der Waals surface area (Å²) in [4.78, 5) is 23.0. The molecule has 2 aliphatic heterocycles. The van der Waals surface area contributed by atoms with E-state index in [1.54, 1.807) is 20.1 Å². The summed E-state index contributed by atoms with van der Waals surface area (Å²) in [5, 5.41) is 6.25. The third-order valence-electron chi connectivity index (χ3n) is 5.74. The van der Waals surface area contributed by atoms with Gasteiger partial charge in [-0.1, -0.05) is 12.7 Å². The number of amides is 1. The molecule has 2 saturated heterocycles. The largest absolute Gasteiger partial charge is 0.490 e. The van der Waals surface area contributed by atoms with Crippen LogP contribution in [-0.2, 0) is 28.5 Å². The molecule has 5 unspecified atom stereocenters. The minimum absolute atomic E-state index is 0.0764. The average Bonchev–Trinajstić information content (AvgIpc) is 2.75. The SMILES string of the molecule is COC1(C)CCOC(=C=C/C(C)=C/NC2OCC(NC(=O)/C=C\C(C)OC(C)=O)CC2C)C1. The summed E-state index contributed by atoms with van der Waals surface area (Å²) in [5.74, 6) is 0.386. The number of nitrogens with one attached hydrogen (secondary N) is 2. The van der Waals surface area contributed by atoms with E-state index < -0.39 is 6.10 Å². The second kappa shape index (κ2) is 12.6. The maximum atomic E-state index is 12.1. The molecule has 0 aliphatic carbocycles. The zero-order valence-electron chi connectivity index (χ0n) is 20.6. The van der Waals surface area contributed by atoms with Gasteiger partial charge in [0.2, 0.25) is 5.91 Å². The van der Waals surface area contributed by atoms with Crippen molar-refractivity contribution in [3.63, 3.8) is 0 Å². The summed E-state index contributed by atoms with van der Waals surface area (Å²) in [6.45, 7) is 10.2. The van der Waals surface area contributed by atoms with Crippen LogP contribution in [-0.4, -0.2) is 56.2 Å². The highest BCUT2D eigenvalue weighted by molar-refractivity contribution is 5.87. The molecule has 2 heterocycles. The van der Waals surface area contributed by atoms with Crippen LogP contribution in [0, 0.1) is 5.92 Å². The van der Waals surface area contributed by atoms with Crippen LogP contribution in [0.4, 0.5) is 0 Å². The third-order valence-corrected chi connectivity index (χ3v) is 5.74. The van der Waals surface area contributed by atoms with Crippen LogP contribution in [0.15, 0.2) is 41.5 Å². The van der Waals surface area contributed by atoms with Gasteiger partial charge in [0.05, 0.1) is 24.9 Å². The predicted octanol–water partition coefficient (Wildman–Crippen LogP) is 3.11. The van der Waals surface area contributed by atoms with Gasteiger partial charge in [0.15, 0.2) is 0 Å². The number of carbonyl (C=O) groups is 2. The first-order valence-corrected chi connectivity index (χ1v) is 11.4. The molecule has 0 spiro atoms. The van der Waals surface area contributed by atoms with Crippen LogP contribution in [0.3, 0.4) is 0 Å². The fourth-order valence-corrected chi connectivity index (χ4v) is 3.70. The third kappa shape index (κ3) is 9.46. The van der Waals surface area contributed by atoms with E-state index in [4.69, 9.17) is 18.9 Å². The molecule has 8 nitrogen and oxygen atoms in total. The van der Waals surface area contributed by atoms with Gasteiger partial charge in [-0.3, -0.25) is 9.59 Å². The van der Waals surface area contributed by atoms with Gasteiger partial charge in [-0.15, -0.1) is 0 Å². The van der Waals surface area contributed by atoms with E-state index in [9.17, 15) is 9.59 Å². The first-order chi connectivity index (χ1) is 15.6. The summed E-state index contributed by atoms with van der Waals surface area (Å²) in [5.41, 5.74) is 4.03. The molecule has 2 aliphatic rings. The van der Waals surface area contributed by atoms with Gasteiger partial charge in [0.25, 0.3) is 0 Å². The molecule has 5 atom stereocenters. The Balaban J connectivity index is 1.81. The van der Waals surface area contributed by atoms with Crippen LogP contribution in [0.25, 0.3) is 0 Å². The summed E-state index contributed by atoms with van der Waals surface area (Å²) >= 11 is 0. The Morgan fingerprint density at radius 2 is 2.09 bits per heavy atom. The van der Waals surface area contributed by atoms with Gasteiger partial charge in [-0.2, -0.15) is 0 Å². The molecule has 0 aromatic carbocycles. The number of hydrogen-bond donors (Lipinski definition) is 2. The first-order valence-electron chi connectivity index (χ1n) is 11.4. The topological polar surface area (TPSA) is 95.1 Å². The van der Waals surface area contributed by atoms with Crippen molar-refractivity contribution in [1.82, 2.24) is 10.6 Å². The fourth-order valence-electron chi connectivity index (χ4n) is 3.70. The molecule has 0 bridgehead atoms. The Labute approximate surface area is 197 Å². The van der Waals surface area contributed by atoms with Gasteiger partial charge < -0.3 is 29.6 Å². The molecule has 2 N–H and O–H groups in total. The minimum Gasteiger partial charge on any atom is -0.490 e. The van der Waals surface area contributed by atoms with E-state index in [0.717, 1.165) is 24.2 Å². The molecular formula is C25H38N2O6. The van der Waals surface area contributed by atoms with Crippen molar-refractivity contribution in [2.24, 2.45) is 5.92 Å². The van der Waals surface area contributed by atoms with E-state index in [0.29, 0.717) is 19.6 Å². The van der Waals surface area contributed by atoms with Gasteiger partial charge in [-0.05, 0) is 44.9 Å². The molecule has 8 heteroatoms. The quantitative estimate of drug-likeness (QED) is 0.248. The zero-order valence-corrected chi connectivity index (χ0v) is 20.6. The molecule has 2 rings (SSSR count). The van der Waals surface area contributed by atoms with Crippen LogP contribution in [0.1, 0.15) is 53.9 Å². The van der Waals surface area contributed by atoms with E-state index in [-0.39, 0.29) is 35.7 Å². The second-order valence-corrected chi connectivity index (χ2v) is 9.04. The highest BCUT2D eigenvalue weighted by Gasteiger charge is 2.30. The monoisotopic (exact) mass is 462 g/mol. The lowest BCUT2D eigenvalue weighted by molar-refractivity contribution is -0.143. The number of methoxy groups -OCH3 is 1. The molecule has 33 heavy (non-hydrogen) atoms. The Hall–Kier alpha value is -2.54. The van der Waals surface area contributed by atoms with Gasteiger partial charge in [-0.25, -0.2) is 0 Å². The van der Waals surface area contributed by atoms with Crippen molar-refractivity contribution in [2.45, 2.75) is 77.9 Å². The number of rotatable bonds is 8. The first kappa shape index (κ1) is 26.7. The van der Waals surface area contributed by atoms with Crippen LogP contribution < -0.4 is 10.6 Å². The van der Waals surface area contributed by atoms with Crippen LogP contribution in [0.5, 0.6) is 0 Å². The number of carbonyl (C=O) groups excluding carboxylic acids is 2. The Morgan fingerprint density at radius 3 is 2.76 bits per heavy atom. The van der Waals surface area contributed by atoms with E-state index in [2.05, 4.69) is 30.2 Å². The maximum absolute atomic E-state index is 12.1. The van der Waals surface area contributed by atoms with Crippen LogP contribution in [0.2, 0.25) is 0 Å². The summed E-state index contributed by atoms with van der Waals surface area (Å²) in [6, 6.07) is -0.0764. The van der Waals surface area contributed by atoms with Gasteiger partial charge in [0.1, 0.15) is 18.1 Å². The normalized spacial score (nSPS) is 29.0. The molecule has 0 aromatic heterocycles. The lowest BCUT2D eigenvalue weighted by atomic mass is 9.95. The molecule has 1 amide bonds. The number of esters is 1. The van der Waals surface area contributed by atoms with E-state index in [1.807, 2.05) is 19.2 Å². The number of hydrogen-bond acceptors (Lipinski definition) is 7. The Kier molecular flexibility index (Phi) is 10.2. The Bertz CT molecular complexity index is 814. The van der Waals surface area contributed by atoms with Gasteiger partial charge >= 0.3 is 5.97 Å². The molecule has 2 fully saturated rings. The second-order valence-electron chi connectivity index (χ2n) is 9.04. The summed E-state index contributed by atoms with van der Waals surface area (Å²) < 4.78 is 22.2. The van der Waals surface area contributed by atoms with E-state index in [1.165, 1.54) is 13.0 Å². The fraction of sp³-hybridized carbons (Fsp3) is 0.640. The predicted molar refractivity (Wildman–Crippen MR) is 125 cm³/mol. The molecule has 0 saturated carbocycles. The molecule has 0 aromatic rings. The van der Waals surface area contributed by atoms with E-state index >= 15 is 0 Å². The summed E-state index contributed by atoms with van der Waals surface area (Å²) in [7, 11) is 1.73. The molecule has 184 valence electrons. The standard InChI is InChI=1S/C25H38N2O6/c1-17(7-9-22-14-25(5,30-6)11-12-31-22)15-26-24-18(2)13-21(16-32-24)27-23(29)10-8-19(3)33-20(4)28/h7-8,10,15,18-19,21,24,26H,11-14,16H2,1-6H3,(H,27,29)/b10-8-,17-15+. The lowest BCUT2D eigenvalue weighted by Gasteiger charge is -2.34. The molecular weight excluding hydrogens is 424 g/mol. The summed E-state index contributed by atoms with van der Waals surface area (Å²) in [6.07, 6.45) is 8.51. The lowest BCUT2D eigenvalue weighted by Crippen LogP contribution is -2.49. The molecule has 0 radical (unpaired) electrons. The van der Waals surface area contributed by atoms with Crippen molar-refractivity contribution >= 4 is 11.9 Å². The van der Waals surface area contributed by atoms with Crippen LogP contribution >= 0.6 is 0 Å². The van der Waals surface area contributed by atoms with Crippen molar-refractivity contribution in [3.05, 3.63) is 41.5 Å². The maximum Gasteiger partial charge on any atom is 0.303 e. The number of allylic oxidation sites excluding steroid dienone is 1. The van der Waals surface area contributed by atoms with Crippen molar-refractivity contribution in [2.75, 3.05) is 20.3 Å². The highest BCUT2D eigenvalue weighted by atomic mass is 16.5. The number of ether oxygens (including phenoxy) is 4. The van der Waals surface area contributed by atoms with Crippen molar-refractivity contribution in [3.8, 4) is 0 Å². The smallest absolute Gasteiger partial charge is 0.303 e. The van der Waals surface area contributed by atoms with Crippen molar-refractivity contribution < 1.29 is 28.5 Å². The van der Waals surface area contributed by atoms with Gasteiger partial charge in [0, 0.05) is 45.1 Å². The minimum atomic E-state index is -0.447.